The van der Waals surface area contributed by atoms with E-state index in [1.165, 1.54) is 17.5 Å². The van der Waals surface area contributed by atoms with Crippen molar-refractivity contribution in [2.24, 2.45) is 0 Å². The van der Waals surface area contributed by atoms with E-state index in [-0.39, 0.29) is 36.9 Å². The van der Waals surface area contributed by atoms with Crippen LogP contribution in [0.4, 0.5) is 5.82 Å². The molecule has 0 spiro atoms. The van der Waals surface area contributed by atoms with E-state index in [9.17, 15) is 14.7 Å². The van der Waals surface area contributed by atoms with Gasteiger partial charge in [0.15, 0.2) is 0 Å². The van der Waals surface area contributed by atoms with Crippen LogP contribution in [0.15, 0.2) is 36.7 Å². The van der Waals surface area contributed by atoms with Crippen LogP contribution in [0, 0.1) is 11.3 Å². The normalized spacial score (nSPS) is 22.7. The lowest BCUT2D eigenvalue weighted by molar-refractivity contribution is -0.131. The molecule has 0 radical (unpaired) electrons. The average molecular weight is 504 g/mol. The fourth-order valence-corrected chi connectivity index (χ4v) is 5.71. The number of aromatic nitrogens is 2. The summed E-state index contributed by atoms with van der Waals surface area (Å²) in [5.74, 6) is 0.235. The highest BCUT2D eigenvalue weighted by Gasteiger charge is 2.35. The summed E-state index contributed by atoms with van der Waals surface area (Å²) in [7, 11) is 0. The van der Waals surface area contributed by atoms with E-state index in [2.05, 4.69) is 44.5 Å². The number of fused-ring (bicyclic) bond motifs is 1. The molecule has 4 heterocycles. The number of anilines is 1. The summed E-state index contributed by atoms with van der Waals surface area (Å²) in [5, 5.41) is 23.1. The molecule has 3 aliphatic rings. The summed E-state index contributed by atoms with van der Waals surface area (Å²) < 4.78 is 0. The first-order valence-corrected chi connectivity index (χ1v) is 13.0. The highest BCUT2D eigenvalue weighted by molar-refractivity contribution is 5.93. The molecule has 0 unspecified atom stereocenters. The molecule has 194 valence electrons. The Morgan fingerprint density at radius 2 is 1.81 bits per heavy atom. The highest BCUT2D eigenvalue weighted by atomic mass is 16.3. The molecule has 10 nitrogen and oxygen atoms in total. The predicted molar refractivity (Wildman–Crippen MR) is 136 cm³/mol. The molecule has 10 heteroatoms. The molecule has 1 aromatic heterocycles. The average Bonchev–Trinajstić information content (AvgIpc) is 2.93. The number of hydrogen-bond acceptors (Lipinski definition) is 8. The van der Waals surface area contributed by atoms with Crippen LogP contribution in [0.5, 0.6) is 0 Å². The Bertz CT molecular complexity index is 1170. The number of nitrogens with one attached hydrogen (secondary N) is 1. The number of benzene rings is 1. The Hall–Kier alpha value is -3.55. The second-order valence-corrected chi connectivity index (χ2v) is 10.1. The van der Waals surface area contributed by atoms with Crippen molar-refractivity contribution in [1.29, 1.82) is 5.26 Å². The van der Waals surface area contributed by atoms with E-state index >= 15 is 0 Å². The summed E-state index contributed by atoms with van der Waals surface area (Å²) in [6.07, 6.45) is 3.86. The van der Waals surface area contributed by atoms with Gasteiger partial charge in [0.25, 0.3) is 5.91 Å². The number of aliphatic hydroxyl groups is 1. The number of nitrogens with zero attached hydrogens (tertiary/aromatic N) is 6. The first-order valence-electron chi connectivity index (χ1n) is 13.0. The minimum atomic E-state index is -0.615. The van der Waals surface area contributed by atoms with Gasteiger partial charge in [0.2, 0.25) is 5.91 Å². The maximum absolute atomic E-state index is 13.2. The molecule has 1 aromatic carbocycles. The zero-order chi connectivity index (χ0) is 25.8. The Morgan fingerprint density at radius 1 is 1.05 bits per heavy atom. The fraction of sp³-hybridized carbons (Fsp3) is 0.519. The van der Waals surface area contributed by atoms with E-state index in [4.69, 9.17) is 5.26 Å². The largest absolute Gasteiger partial charge is 0.390 e. The molecule has 0 aliphatic carbocycles. The maximum Gasteiger partial charge on any atom is 0.272 e. The van der Waals surface area contributed by atoms with Crippen molar-refractivity contribution in [2.45, 2.75) is 56.8 Å². The molecule has 0 bridgehead atoms. The summed E-state index contributed by atoms with van der Waals surface area (Å²) in [6, 6.07) is 12.2. The molecule has 2 amide bonds. The van der Waals surface area contributed by atoms with Crippen molar-refractivity contribution in [2.75, 3.05) is 38.0 Å². The van der Waals surface area contributed by atoms with Crippen molar-refractivity contribution in [1.82, 2.24) is 24.7 Å². The molecule has 2 saturated heterocycles. The third-order valence-electron chi connectivity index (χ3n) is 7.78. The van der Waals surface area contributed by atoms with Gasteiger partial charge in [0.05, 0.1) is 12.2 Å². The number of carbonyl (C=O) groups excluding carboxylic acids is 2. The molecule has 5 rings (SSSR count). The van der Waals surface area contributed by atoms with Gasteiger partial charge in [-0.1, -0.05) is 24.3 Å². The smallest absolute Gasteiger partial charge is 0.272 e. The molecule has 2 fully saturated rings. The maximum atomic E-state index is 13.2. The minimum absolute atomic E-state index is 0.0333. The molecule has 2 aromatic rings. The summed E-state index contributed by atoms with van der Waals surface area (Å²) >= 11 is 0. The minimum Gasteiger partial charge on any atom is -0.390 e. The van der Waals surface area contributed by atoms with Crippen molar-refractivity contribution in [3.63, 3.8) is 0 Å². The first-order chi connectivity index (χ1) is 18.0. The van der Waals surface area contributed by atoms with Crippen molar-refractivity contribution >= 4 is 17.6 Å². The fourth-order valence-electron chi connectivity index (χ4n) is 5.71. The lowest BCUT2D eigenvalue weighted by atomic mass is 9.94. The number of carbonyl (C=O) groups is 2. The van der Waals surface area contributed by atoms with Gasteiger partial charge in [-0.2, -0.15) is 5.26 Å². The Kier molecular flexibility index (Phi) is 7.63. The van der Waals surface area contributed by atoms with Gasteiger partial charge in [-0.05, 0) is 36.8 Å². The number of aliphatic hydroxyl groups excluding tert-OH is 1. The van der Waals surface area contributed by atoms with Crippen LogP contribution in [0.25, 0.3) is 0 Å². The molecule has 3 aliphatic heterocycles. The lowest BCUT2D eigenvalue weighted by Crippen LogP contribution is -2.56. The van der Waals surface area contributed by atoms with Gasteiger partial charge in [0.1, 0.15) is 24.3 Å². The van der Waals surface area contributed by atoms with Crippen LogP contribution in [-0.4, -0.2) is 92.5 Å². The molecule has 37 heavy (non-hydrogen) atoms. The number of nitriles is 1. The van der Waals surface area contributed by atoms with E-state index in [0.717, 1.165) is 32.4 Å². The molecular formula is C27H33N7O3. The van der Waals surface area contributed by atoms with Gasteiger partial charge < -0.3 is 20.2 Å². The number of hydrogen-bond donors (Lipinski definition) is 2. The van der Waals surface area contributed by atoms with Crippen LogP contribution < -0.4 is 5.32 Å². The topological polar surface area (TPSA) is 126 Å². The number of rotatable bonds is 5. The van der Waals surface area contributed by atoms with Crippen molar-refractivity contribution < 1.29 is 14.7 Å². The number of piperidine rings is 2. The Balaban J connectivity index is 1.15. The van der Waals surface area contributed by atoms with E-state index in [0.29, 0.717) is 37.6 Å². The second kappa shape index (κ2) is 11.2. The van der Waals surface area contributed by atoms with Gasteiger partial charge in [-0.3, -0.25) is 14.5 Å². The summed E-state index contributed by atoms with van der Waals surface area (Å²) in [5.41, 5.74) is 3.00. The zero-order valence-corrected chi connectivity index (χ0v) is 20.9. The molecule has 0 saturated carbocycles. The molecule has 2 N–H and O–H groups in total. The standard InChI is InChI=1S/C27H33N7O3/c28-10-5-26(36)32-12-7-21(8-13-32)31-25-15-22(29-18-30-25)27(37)34-14-9-23(24(35)17-34)33-11-6-19-3-1-2-4-20(19)16-33/h1-4,15,18,21,23-24,35H,5-9,11-14,16-17H2,(H,29,30,31)/t23-,24-/m0/s1. The van der Waals surface area contributed by atoms with E-state index in [1.54, 1.807) is 15.9 Å². The van der Waals surface area contributed by atoms with Crippen molar-refractivity contribution in [3.8, 4) is 6.07 Å². The Morgan fingerprint density at radius 3 is 2.57 bits per heavy atom. The van der Waals surface area contributed by atoms with Crippen molar-refractivity contribution in [3.05, 3.63) is 53.5 Å². The van der Waals surface area contributed by atoms with Gasteiger partial charge >= 0.3 is 0 Å². The predicted octanol–water partition coefficient (Wildman–Crippen LogP) is 1.43. The van der Waals surface area contributed by atoms with Crippen LogP contribution in [0.1, 0.15) is 47.3 Å². The van der Waals surface area contributed by atoms with E-state index in [1.807, 2.05) is 6.07 Å². The van der Waals surface area contributed by atoms with Crippen LogP contribution in [0.2, 0.25) is 0 Å². The highest BCUT2D eigenvalue weighted by Crippen LogP contribution is 2.26. The van der Waals surface area contributed by atoms with Gasteiger partial charge in [-0.15, -0.1) is 0 Å². The first kappa shape index (κ1) is 25.1. The molecule has 2 atom stereocenters. The number of amides is 2. The number of β-amino-alcohol motifs (C(OH)–C–C–N with tert-alkyl or cyclic N) is 1. The second-order valence-electron chi connectivity index (χ2n) is 10.1. The SMILES string of the molecule is N#CCC(=O)N1CCC(Nc2cc(C(=O)N3CC[C@H](N4CCc5ccccc5C4)[C@@H](O)C3)ncn2)CC1. The quantitative estimate of drug-likeness (QED) is 0.628. The van der Waals surface area contributed by atoms with Crippen LogP contribution in [0.3, 0.4) is 0 Å². The van der Waals surface area contributed by atoms with Crippen LogP contribution >= 0.6 is 0 Å². The third-order valence-corrected chi connectivity index (χ3v) is 7.78. The Labute approximate surface area is 216 Å². The third kappa shape index (κ3) is 5.73. The van der Waals surface area contributed by atoms with Gasteiger partial charge in [-0.25, -0.2) is 9.97 Å². The molecular weight excluding hydrogens is 470 g/mol. The summed E-state index contributed by atoms with van der Waals surface area (Å²) in [4.78, 5) is 39.4. The lowest BCUT2D eigenvalue weighted by Gasteiger charge is -2.43. The van der Waals surface area contributed by atoms with Gasteiger partial charge in [0, 0.05) is 57.4 Å². The van der Waals surface area contributed by atoms with Crippen LogP contribution in [-0.2, 0) is 17.8 Å². The summed E-state index contributed by atoms with van der Waals surface area (Å²) in [6.45, 7) is 3.77. The number of likely N-dealkylation sites (tertiary alicyclic amines) is 2. The zero-order valence-electron chi connectivity index (χ0n) is 20.9. The monoisotopic (exact) mass is 503 g/mol. The van der Waals surface area contributed by atoms with E-state index < -0.39 is 6.10 Å².